The average molecular weight is 492 g/mol. The fraction of sp³-hybridized carbons (Fsp3) is 0.133. The zero-order valence-electron chi connectivity index (χ0n) is 20.4. The standard InChI is InChI=1S/C30H29N5O2/c31-29(35-30(22-36,26-12-3-1-4-13-26)27-14-5-2-6-15-27)34-21-24-9-7-11-25(19-24)28(37)33-18-16-23-10-8-17-32-20-23/h1-15,17,19-20,22H,16,18,21H2,(H,33,37)(H3,31,34,35). The Morgan fingerprint density at radius 2 is 1.51 bits per heavy atom. The van der Waals surface area contributed by atoms with Crippen LogP contribution >= 0.6 is 0 Å². The predicted molar refractivity (Wildman–Crippen MR) is 144 cm³/mol. The molecule has 1 heterocycles. The van der Waals surface area contributed by atoms with Crippen LogP contribution in [0.3, 0.4) is 0 Å². The van der Waals surface area contributed by atoms with E-state index in [1.165, 1.54) is 0 Å². The third kappa shape index (κ3) is 6.46. The Balaban J connectivity index is 1.39. The second kappa shape index (κ2) is 12.3. The molecule has 0 unspecified atom stereocenters. The number of rotatable bonds is 10. The highest BCUT2D eigenvalue weighted by Crippen LogP contribution is 2.27. The molecule has 0 radical (unpaired) electrons. The first-order valence-electron chi connectivity index (χ1n) is 12.0. The van der Waals surface area contributed by atoms with Gasteiger partial charge >= 0.3 is 0 Å². The number of pyridine rings is 1. The van der Waals surface area contributed by atoms with Crippen molar-refractivity contribution in [3.05, 3.63) is 137 Å². The minimum atomic E-state index is -1.22. The van der Waals surface area contributed by atoms with Crippen molar-refractivity contribution in [2.45, 2.75) is 18.5 Å². The van der Waals surface area contributed by atoms with Gasteiger partial charge in [-0.3, -0.25) is 20.0 Å². The summed E-state index contributed by atoms with van der Waals surface area (Å²) < 4.78 is 0. The van der Waals surface area contributed by atoms with Gasteiger partial charge in [-0.15, -0.1) is 0 Å². The number of hydrogen-bond acceptors (Lipinski definition) is 4. The van der Waals surface area contributed by atoms with Crippen LogP contribution in [0.15, 0.2) is 109 Å². The van der Waals surface area contributed by atoms with Crippen LogP contribution < -0.4 is 16.0 Å². The molecule has 1 amide bonds. The van der Waals surface area contributed by atoms with E-state index in [0.29, 0.717) is 25.1 Å². The lowest BCUT2D eigenvalue weighted by atomic mass is 9.84. The van der Waals surface area contributed by atoms with Gasteiger partial charge in [0.25, 0.3) is 5.91 Å². The smallest absolute Gasteiger partial charge is 0.251 e. The van der Waals surface area contributed by atoms with Crippen LogP contribution in [0.2, 0.25) is 0 Å². The summed E-state index contributed by atoms with van der Waals surface area (Å²) >= 11 is 0. The molecule has 0 saturated carbocycles. The summed E-state index contributed by atoms with van der Waals surface area (Å²) in [7, 11) is 0. The highest BCUT2D eigenvalue weighted by Gasteiger charge is 2.34. The van der Waals surface area contributed by atoms with Crippen LogP contribution in [-0.2, 0) is 23.3 Å². The van der Waals surface area contributed by atoms with Crippen molar-refractivity contribution in [1.82, 2.24) is 20.9 Å². The number of hydrogen-bond donors (Lipinski definition) is 4. The summed E-state index contributed by atoms with van der Waals surface area (Å²) in [6.45, 7) is 0.815. The van der Waals surface area contributed by atoms with Gasteiger partial charge in [0.1, 0.15) is 5.54 Å². The first-order valence-corrected chi connectivity index (χ1v) is 12.0. The molecule has 4 aromatic rings. The molecule has 1 aromatic heterocycles. The van der Waals surface area contributed by atoms with Gasteiger partial charge in [-0.1, -0.05) is 78.9 Å². The zero-order valence-corrected chi connectivity index (χ0v) is 20.4. The molecule has 0 atom stereocenters. The first-order chi connectivity index (χ1) is 18.1. The molecule has 0 fully saturated rings. The Labute approximate surface area is 216 Å². The van der Waals surface area contributed by atoms with Crippen LogP contribution in [0.5, 0.6) is 0 Å². The Morgan fingerprint density at radius 3 is 2.14 bits per heavy atom. The van der Waals surface area contributed by atoms with Gasteiger partial charge < -0.3 is 16.0 Å². The second-order valence-corrected chi connectivity index (χ2v) is 8.58. The molecule has 3 aromatic carbocycles. The first kappa shape index (κ1) is 25.3. The molecule has 0 bridgehead atoms. The molecule has 37 heavy (non-hydrogen) atoms. The number of carbonyl (C=O) groups excluding carboxylic acids is 2. The number of aldehydes is 1. The number of amides is 1. The number of carbonyl (C=O) groups is 2. The van der Waals surface area contributed by atoms with E-state index in [4.69, 9.17) is 5.41 Å². The summed E-state index contributed by atoms with van der Waals surface area (Å²) in [5.74, 6) is -0.168. The van der Waals surface area contributed by atoms with E-state index in [9.17, 15) is 9.59 Å². The van der Waals surface area contributed by atoms with Crippen molar-refractivity contribution in [2.24, 2.45) is 0 Å². The molecular weight excluding hydrogens is 462 g/mol. The van der Waals surface area contributed by atoms with Crippen molar-refractivity contribution in [1.29, 1.82) is 5.41 Å². The van der Waals surface area contributed by atoms with E-state index in [-0.39, 0.29) is 11.9 Å². The summed E-state index contributed by atoms with van der Waals surface area (Å²) in [4.78, 5) is 29.2. The fourth-order valence-electron chi connectivity index (χ4n) is 4.10. The van der Waals surface area contributed by atoms with E-state index >= 15 is 0 Å². The van der Waals surface area contributed by atoms with Crippen LogP contribution in [0.25, 0.3) is 0 Å². The van der Waals surface area contributed by atoms with Crippen molar-refractivity contribution < 1.29 is 9.59 Å². The van der Waals surface area contributed by atoms with Crippen molar-refractivity contribution >= 4 is 18.2 Å². The molecule has 0 aliphatic carbocycles. The lowest BCUT2D eigenvalue weighted by Gasteiger charge is -2.31. The van der Waals surface area contributed by atoms with E-state index in [0.717, 1.165) is 28.5 Å². The Bertz CT molecular complexity index is 1290. The summed E-state index contributed by atoms with van der Waals surface area (Å²) in [6, 6.07) is 29.8. The van der Waals surface area contributed by atoms with Gasteiger partial charge in [-0.05, 0) is 46.9 Å². The molecule has 4 N–H and O–H groups in total. The molecule has 7 nitrogen and oxygen atoms in total. The molecule has 186 valence electrons. The van der Waals surface area contributed by atoms with E-state index in [1.807, 2.05) is 84.9 Å². The van der Waals surface area contributed by atoms with Gasteiger partial charge in [-0.25, -0.2) is 0 Å². The molecule has 0 aliphatic heterocycles. The van der Waals surface area contributed by atoms with Crippen molar-refractivity contribution in [3.8, 4) is 0 Å². The Hall–Kier alpha value is -4.78. The van der Waals surface area contributed by atoms with Gasteiger partial charge in [-0.2, -0.15) is 0 Å². The van der Waals surface area contributed by atoms with Gasteiger partial charge in [0, 0.05) is 31.0 Å². The summed E-state index contributed by atoms with van der Waals surface area (Å²) in [5.41, 5.74) is 2.68. The van der Waals surface area contributed by atoms with Crippen LogP contribution in [0, 0.1) is 5.41 Å². The minimum absolute atomic E-state index is 0.00821. The van der Waals surface area contributed by atoms with E-state index in [1.54, 1.807) is 24.5 Å². The average Bonchev–Trinajstić information content (AvgIpc) is 2.96. The molecule has 0 aliphatic rings. The maximum atomic E-state index is 12.6. The third-order valence-corrected chi connectivity index (χ3v) is 6.04. The lowest BCUT2D eigenvalue weighted by Crippen LogP contribution is -2.52. The maximum absolute atomic E-state index is 12.6. The molecule has 0 spiro atoms. The largest absolute Gasteiger partial charge is 0.352 e. The molecule has 7 heteroatoms. The van der Waals surface area contributed by atoms with Crippen LogP contribution in [0.4, 0.5) is 0 Å². The number of guanidine groups is 1. The molecular formula is C30H29N5O2. The summed E-state index contributed by atoms with van der Waals surface area (Å²) in [5, 5.41) is 17.6. The quantitative estimate of drug-likeness (QED) is 0.153. The number of nitrogens with one attached hydrogen (secondary N) is 4. The normalized spacial score (nSPS) is 10.8. The van der Waals surface area contributed by atoms with E-state index in [2.05, 4.69) is 20.9 Å². The third-order valence-electron chi connectivity index (χ3n) is 6.04. The van der Waals surface area contributed by atoms with Gasteiger partial charge in [0.2, 0.25) is 0 Å². The van der Waals surface area contributed by atoms with E-state index < -0.39 is 5.54 Å². The van der Waals surface area contributed by atoms with Crippen molar-refractivity contribution in [2.75, 3.05) is 6.54 Å². The topological polar surface area (TPSA) is 107 Å². The SMILES string of the molecule is N=C(NCc1cccc(C(=O)NCCc2cccnc2)c1)NC(C=O)(c1ccccc1)c1ccccc1. The number of aromatic nitrogens is 1. The monoisotopic (exact) mass is 491 g/mol. The summed E-state index contributed by atoms with van der Waals surface area (Å²) in [6.07, 6.45) is 5.03. The zero-order chi connectivity index (χ0) is 25.9. The minimum Gasteiger partial charge on any atom is -0.352 e. The maximum Gasteiger partial charge on any atom is 0.251 e. The highest BCUT2D eigenvalue weighted by atomic mass is 16.1. The second-order valence-electron chi connectivity index (χ2n) is 8.58. The van der Waals surface area contributed by atoms with Gasteiger partial charge in [0.15, 0.2) is 12.2 Å². The highest BCUT2D eigenvalue weighted by molar-refractivity contribution is 5.94. The molecule has 4 rings (SSSR count). The Kier molecular flexibility index (Phi) is 8.39. The molecule has 0 saturated heterocycles. The Morgan fingerprint density at radius 1 is 0.838 bits per heavy atom. The number of benzene rings is 3. The predicted octanol–water partition coefficient (Wildman–Crippen LogP) is 3.81. The van der Waals surface area contributed by atoms with Crippen molar-refractivity contribution in [3.63, 3.8) is 0 Å². The van der Waals surface area contributed by atoms with Crippen LogP contribution in [0.1, 0.15) is 32.6 Å². The lowest BCUT2D eigenvalue weighted by molar-refractivity contribution is -0.111. The van der Waals surface area contributed by atoms with Gasteiger partial charge in [0.05, 0.1) is 0 Å². The van der Waals surface area contributed by atoms with Crippen LogP contribution in [-0.4, -0.2) is 29.7 Å². The fourth-order valence-corrected chi connectivity index (χ4v) is 4.10. The number of nitrogens with zero attached hydrogens (tertiary/aromatic N) is 1.